The molecule has 1 aliphatic heterocycles. The molecule has 7 heteroatoms. The highest BCUT2D eigenvalue weighted by atomic mass is 35.5. The van der Waals surface area contributed by atoms with E-state index in [9.17, 15) is 9.59 Å². The van der Waals surface area contributed by atoms with Gasteiger partial charge in [-0.05, 0) is 12.1 Å². The van der Waals surface area contributed by atoms with Crippen LogP contribution in [0, 0.1) is 0 Å². The van der Waals surface area contributed by atoms with E-state index in [1.807, 2.05) is 18.3 Å². The lowest BCUT2D eigenvalue weighted by atomic mass is 10.0. The van der Waals surface area contributed by atoms with Gasteiger partial charge in [-0.15, -0.1) is 0 Å². The van der Waals surface area contributed by atoms with Crippen LogP contribution in [0.25, 0.3) is 0 Å². The molecule has 6 nitrogen and oxygen atoms in total. The molecule has 1 atom stereocenters. The van der Waals surface area contributed by atoms with Crippen LogP contribution >= 0.6 is 11.6 Å². The number of carbonyl (C=O) groups excluding carboxylic acids is 2. The Hall–Kier alpha value is -2.34. The minimum Gasteiger partial charge on any atom is -0.352 e. The maximum absolute atomic E-state index is 12.6. The number of hydrogen-bond donors (Lipinski definition) is 1. The largest absolute Gasteiger partial charge is 0.352 e. The standard InChI is InChI=1S/C16H17ClN4O2/c17-13-5-2-1-4-12(13)15-16(23)18-8-11-21(15)14(22)6-10-20-9-3-7-19-20/h1-5,7,9,15H,6,8,10-11H2,(H,18,23). The number of amides is 2. The summed E-state index contributed by atoms with van der Waals surface area (Å²) in [6.07, 6.45) is 3.77. The summed E-state index contributed by atoms with van der Waals surface area (Å²) < 4.78 is 1.70. The third-order valence-electron chi connectivity index (χ3n) is 3.85. The molecule has 1 unspecified atom stereocenters. The maximum Gasteiger partial charge on any atom is 0.247 e. The molecule has 1 aliphatic rings. The number of piperazine rings is 1. The van der Waals surface area contributed by atoms with Crippen LogP contribution in [0.2, 0.25) is 5.02 Å². The predicted octanol–water partition coefficient (Wildman–Crippen LogP) is 1.63. The fourth-order valence-electron chi connectivity index (χ4n) is 2.73. The molecule has 0 bridgehead atoms. The minimum atomic E-state index is -0.678. The van der Waals surface area contributed by atoms with Gasteiger partial charge in [0.2, 0.25) is 11.8 Å². The molecule has 0 aliphatic carbocycles. The highest BCUT2D eigenvalue weighted by Crippen LogP contribution is 2.29. The van der Waals surface area contributed by atoms with Crippen LogP contribution in [0.1, 0.15) is 18.0 Å². The van der Waals surface area contributed by atoms with Gasteiger partial charge >= 0.3 is 0 Å². The van der Waals surface area contributed by atoms with Crippen molar-refractivity contribution in [3.63, 3.8) is 0 Å². The van der Waals surface area contributed by atoms with Crippen LogP contribution < -0.4 is 5.32 Å². The molecule has 3 rings (SSSR count). The van der Waals surface area contributed by atoms with Gasteiger partial charge in [0.05, 0.1) is 0 Å². The molecule has 0 radical (unpaired) electrons. The molecule has 23 heavy (non-hydrogen) atoms. The SMILES string of the molecule is O=C1NCCN(C(=O)CCn2cccn2)C1c1ccccc1Cl. The zero-order valence-electron chi connectivity index (χ0n) is 12.5. The topological polar surface area (TPSA) is 67.2 Å². The minimum absolute atomic E-state index is 0.0831. The molecule has 120 valence electrons. The van der Waals surface area contributed by atoms with Crippen molar-refractivity contribution < 1.29 is 9.59 Å². The maximum atomic E-state index is 12.6. The van der Waals surface area contributed by atoms with Crippen molar-refractivity contribution >= 4 is 23.4 Å². The van der Waals surface area contributed by atoms with Crippen LogP contribution in [0.3, 0.4) is 0 Å². The van der Waals surface area contributed by atoms with Crippen molar-refractivity contribution in [3.8, 4) is 0 Å². The smallest absolute Gasteiger partial charge is 0.247 e. The summed E-state index contributed by atoms with van der Waals surface area (Å²) in [5.41, 5.74) is 0.652. The molecule has 0 spiro atoms. The first kappa shape index (κ1) is 15.6. The highest BCUT2D eigenvalue weighted by molar-refractivity contribution is 6.31. The molecular weight excluding hydrogens is 316 g/mol. The summed E-state index contributed by atoms with van der Waals surface area (Å²) in [4.78, 5) is 26.5. The van der Waals surface area contributed by atoms with E-state index in [4.69, 9.17) is 11.6 Å². The quantitative estimate of drug-likeness (QED) is 0.925. The average Bonchev–Trinajstić information content (AvgIpc) is 3.07. The number of benzene rings is 1. The first-order chi connectivity index (χ1) is 11.2. The Morgan fingerprint density at radius 1 is 1.35 bits per heavy atom. The molecule has 1 aromatic carbocycles. The van der Waals surface area contributed by atoms with Crippen molar-refractivity contribution in [3.05, 3.63) is 53.3 Å². The monoisotopic (exact) mass is 332 g/mol. The molecule has 1 fully saturated rings. The van der Waals surface area contributed by atoms with Crippen molar-refractivity contribution in [1.82, 2.24) is 20.0 Å². The summed E-state index contributed by atoms with van der Waals surface area (Å²) in [5.74, 6) is -0.281. The zero-order chi connectivity index (χ0) is 16.2. The summed E-state index contributed by atoms with van der Waals surface area (Å²) in [5, 5.41) is 7.37. The van der Waals surface area contributed by atoms with E-state index >= 15 is 0 Å². The van der Waals surface area contributed by atoms with E-state index in [0.717, 1.165) is 0 Å². The second kappa shape index (κ2) is 6.83. The fraction of sp³-hybridized carbons (Fsp3) is 0.312. The normalized spacial score (nSPS) is 17.9. The molecule has 1 saturated heterocycles. The lowest BCUT2D eigenvalue weighted by Gasteiger charge is -2.35. The van der Waals surface area contributed by atoms with Gasteiger partial charge in [-0.2, -0.15) is 5.10 Å². The lowest BCUT2D eigenvalue weighted by Crippen LogP contribution is -2.52. The first-order valence-electron chi connectivity index (χ1n) is 7.46. The van der Waals surface area contributed by atoms with Gasteiger partial charge in [0.1, 0.15) is 6.04 Å². The molecule has 2 heterocycles. The van der Waals surface area contributed by atoms with E-state index in [2.05, 4.69) is 10.4 Å². The number of halogens is 1. The number of rotatable bonds is 4. The fourth-order valence-corrected chi connectivity index (χ4v) is 2.97. The van der Waals surface area contributed by atoms with Gasteiger partial charge in [-0.3, -0.25) is 14.3 Å². The number of aryl methyl sites for hydroxylation is 1. The third-order valence-corrected chi connectivity index (χ3v) is 4.19. The van der Waals surface area contributed by atoms with Gasteiger partial charge in [-0.25, -0.2) is 0 Å². The second-order valence-corrected chi connectivity index (χ2v) is 5.73. The van der Waals surface area contributed by atoms with Gasteiger partial charge in [0.25, 0.3) is 0 Å². The van der Waals surface area contributed by atoms with Crippen molar-refractivity contribution in [2.45, 2.75) is 19.0 Å². The molecule has 1 N–H and O–H groups in total. The van der Waals surface area contributed by atoms with Gasteiger partial charge in [-0.1, -0.05) is 29.8 Å². The lowest BCUT2D eigenvalue weighted by molar-refractivity contribution is -0.143. The molecule has 1 aromatic heterocycles. The Kier molecular flexibility index (Phi) is 4.62. The number of carbonyl (C=O) groups is 2. The van der Waals surface area contributed by atoms with Crippen LogP contribution in [-0.4, -0.2) is 39.6 Å². The van der Waals surface area contributed by atoms with Crippen LogP contribution in [0.4, 0.5) is 0 Å². The van der Waals surface area contributed by atoms with Gasteiger partial charge in [0.15, 0.2) is 0 Å². The Morgan fingerprint density at radius 3 is 2.91 bits per heavy atom. The molecule has 2 amide bonds. The van der Waals surface area contributed by atoms with Crippen molar-refractivity contribution in [2.75, 3.05) is 13.1 Å². The summed E-state index contributed by atoms with van der Waals surface area (Å²) >= 11 is 6.22. The van der Waals surface area contributed by atoms with Gasteiger partial charge in [0, 0.05) is 49.0 Å². The Morgan fingerprint density at radius 2 is 2.17 bits per heavy atom. The zero-order valence-corrected chi connectivity index (χ0v) is 13.2. The third kappa shape index (κ3) is 3.37. The number of hydrogen-bond acceptors (Lipinski definition) is 3. The average molecular weight is 333 g/mol. The predicted molar refractivity (Wildman–Crippen MR) is 85.8 cm³/mol. The van der Waals surface area contributed by atoms with Gasteiger partial charge < -0.3 is 10.2 Å². The Bertz CT molecular complexity index is 702. The highest BCUT2D eigenvalue weighted by Gasteiger charge is 2.35. The van der Waals surface area contributed by atoms with Crippen molar-refractivity contribution in [1.29, 1.82) is 0 Å². The van der Waals surface area contributed by atoms with E-state index in [1.165, 1.54) is 0 Å². The van der Waals surface area contributed by atoms with Crippen LogP contribution in [0.5, 0.6) is 0 Å². The molecule has 0 saturated carbocycles. The van der Waals surface area contributed by atoms with E-state index in [1.54, 1.807) is 34.0 Å². The van der Waals surface area contributed by atoms with Crippen molar-refractivity contribution in [2.24, 2.45) is 0 Å². The number of nitrogens with zero attached hydrogens (tertiary/aromatic N) is 3. The second-order valence-electron chi connectivity index (χ2n) is 5.32. The molecule has 2 aromatic rings. The van der Waals surface area contributed by atoms with Crippen LogP contribution in [-0.2, 0) is 16.1 Å². The Labute approximate surface area is 139 Å². The Balaban J connectivity index is 1.79. The number of aromatic nitrogens is 2. The van der Waals surface area contributed by atoms with E-state index < -0.39 is 6.04 Å². The van der Waals surface area contributed by atoms with E-state index in [0.29, 0.717) is 30.2 Å². The van der Waals surface area contributed by atoms with E-state index in [-0.39, 0.29) is 18.2 Å². The number of nitrogens with one attached hydrogen (secondary N) is 1. The van der Waals surface area contributed by atoms with Crippen LogP contribution in [0.15, 0.2) is 42.7 Å². The summed E-state index contributed by atoms with van der Waals surface area (Å²) in [6.45, 7) is 1.41. The first-order valence-corrected chi connectivity index (χ1v) is 7.83. The summed E-state index contributed by atoms with van der Waals surface area (Å²) in [7, 11) is 0. The molecular formula is C16H17ClN4O2. The summed E-state index contributed by atoms with van der Waals surface area (Å²) in [6, 6.07) is 8.26.